The minimum absolute atomic E-state index is 0.139. The molecule has 44 heavy (non-hydrogen) atoms. The van der Waals surface area contributed by atoms with Gasteiger partial charge in [-0.05, 0) is 0 Å². The van der Waals surface area contributed by atoms with Gasteiger partial charge in [0.1, 0.15) is 0 Å². The molecule has 0 unspecified atom stereocenters. The van der Waals surface area contributed by atoms with E-state index in [2.05, 4.69) is 76.7 Å². The van der Waals surface area contributed by atoms with Crippen molar-refractivity contribution in [2.75, 3.05) is 10.6 Å². The molecule has 0 aliphatic rings. The number of carbonyl (C=O) groups excluding carboxylic acids is 2. The molecule has 12 heteroatoms. The van der Waals surface area contributed by atoms with Crippen LogP contribution in [0.5, 0.6) is 0 Å². The zero-order valence-corrected chi connectivity index (χ0v) is 31.1. The first-order valence-corrected chi connectivity index (χ1v) is 22.6. The van der Waals surface area contributed by atoms with E-state index in [0.29, 0.717) is 45.3 Å². The summed E-state index contributed by atoms with van der Waals surface area (Å²) in [6, 6.07) is 36.5. The van der Waals surface area contributed by atoms with Crippen LogP contribution in [0.25, 0.3) is 20.2 Å². The van der Waals surface area contributed by atoms with Gasteiger partial charge in [-0.2, -0.15) is 0 Å². The number of hydrogen-bond acceptors (Lipinski definition) is 6. The molecule has 0 aliphatic carbocycles. The van der Waals surface area contributed by atoms with E-state index >= 15 is 0 Å². The Morgan fingerprint density at radius 3 is 1.32 bits per heavy atom. The Bertz CT molecular complexity index is 1800. The number of benzene rings is 4. The number of amides is 2. The van der Waals surface area contributed by atoms with Gasteiger partial charge in [0.2, 0.25) is 0 Å². The van der Waals surface area contributed by atoms with E-state index < -0.39 is 0 Å². The van der Waals surface area contributed by atoms with Crippen LogP contribution in [0.4, 0.5) is 11.4 Å². The molecule has 218 valence electrons. The minimum atomic E-state index is -0.139. The van der Waals surface area contributed by atoms with E-state index in [1.165, 1.54) is 31.6 Å². The van der Waals surface area contributed by atoms with Gasteiger partial charge in [-0.3, -0.25) is 0 Å². The molecule has 4 N–H and O–H groups in total. The molecule has 6 aromatic rings. The summed E-state index contributed by atoms with van der Waals surface area (Å²) in [7, 11) is 0. The summed E-state index contributed by atoms with van der Waals surface area (Å²) in [5, 5.41) is 14.4. The molecule has 0 radical (unpaired) electrons. The predicted octanol–water partition coefficient (Wildman–Crippen LogP) is 3.59. The first kappa shape index (κ1) is 31.2. The van der Waals surface area contributed by atoms with Crippen molar-refractivity contribution in [3.63, 3.8) is 0 Å². The molecule has 4 aromatic carbocycles. The zero-order chi connectivity index (χ0) is 30.5. The fraction of sp³-hybridized carbons (Fsp3) is 0. The van der Waals surface area contributed by atoms with Crippen molar-refractivity contribution < 1.29 is 9.59 Å². The van der Waals surface area contributed by atoms with Gasteiger partial charge in [0.05, 0.1) is 0 Å². The molecular formula is C32H22N4O2S2Se4. The van der Waals surface area contributed by atoms with Crippen LogP contribution in [0.1, 0.15) is 19.3 Å². The summed E-state index contributed by atoms with van der Waals surface area (Å²) >= 11 is 9.45. The molecule has 0 atom stereocenters. The summed E-state index contributed by atoms with van der Waals surface area (Å²) in [5.41, 5.74) is 1.81. The second-order valence-corrected chi connectivity index (χ2v) is 19.5. The molecule has 2 amide bonds. The third kappa shape index (κ3) is 8.05. The van der Waals surface area contributed by atoms with Gasteiger partial charge in [-0.15, -0.1) is 0 Å². The van der Waals surface area contributed by atoms with Crippen LogP contribution in [0, 0.1) is 0 Å². The number of hydrogen-bond donors (Lipinski definition) is 4. The molecule has 0 saturated carbocycles. The summed E-state index contributed by atoms with van der Waals surface area (Å²) in [6.45, 7) is 0. The molecule has 0 bridgehead atoms. The maximum absolute atomic E-state index is 12.7. The van der Waals surface area contributed by atoms with E-state index in [9.17, 15) is 9.59 Å². The quantitative estimate of drug-likeness (QED) is 0.150. The molecule has 0 fully saturated rings. The monoisotopic (exact) mass is 878 g/mol. The van der Waals surface area contributed by atoms with Gasteiger partial charge in [0, 0.05) is 0 Å². The van der Waals surface area contributed by atoms with Crippen LogP contribution in [-0.2, 0) is 0 Å². The number of anilines is 2. The van der Waals surface area contributed by atoms with E-state index in [0.717, 1.165) is 31.5 Å². The van der Waals surface area contributed by atoms with Crippen molar-refractivity contribution in [1.82, 2.24) is 10.6 Å². The molecule has 0 saturated heterocycles. The first-order chi connectivity index (χ1) is 21.4. The van der Waals surface area contributed by atoms with Gasteiger partial charge in [-0.1, -0.05) is 0 Å². The maximum atomic E-state index is 12.7. The number of fused-ring (bicyclic) bond motifs is 2. The molecule has 6 rings (SSSR count). The SMILES string of the molecule is O=C(NC(=[Se])Nc1ccc([Se][Se]c2ccc(NC(=[Se])NC(=O)c3cc4ccccc4s3)cc2)cc1)c1cc2ccccc2s1. The van der Waals surface area contributed by atoms with Gasteiger partial charge in [-0.25, -0.2) is 0 Å². The Hall–Kier alpha value is -2.84. The van der Waals surface area contributed by atoms with Crippen molar-refractivity contribution in [3.05, 3.63) is 119 Å². The van der Waals surface area contributed by atoms with Crippen molar-refractivity contribution in [1.29, 1.82) is 0 Å². The summed E-state index contributed by atoms with van der Waals surface area (Å²) in [4.78, 5) is 26.7. The van der Waals surface area contributed by atoms with Crippen molar-refractivity contribution in [2.45, 2.75) is 0 Å². The van der Waals surface area contributed by atoms with Crippen LogP contribution in [0.2, 0.25) is 0 Å². The van der Waals surface area contributed by atoms with E-state index in [-0.39, 0.29) is 11.8 Å². The molecule has 0 aliphatic heterocycles. The molecule has 6 nitrogen and oxygen atoms in total. The summed E-state index contributed by atoms with van der Waals surface area (Å²) in [6.07, 6.45) is 0. The molecule has 2 heterocycles. The van der Waals surface area contributed by atoms with Crippen molar-refractivity contribution >= 4 is 142 Å². The molecule has 0 spiro atoms. The Morgan fingerprint density at radius 2 is 0.932 bits per heavy atom. The topological polar surface area (TPSA) is 82.3 Å². The normalized spacial score (nSPS) is 10.8. The number of thiophene rings is 2. The third-order valence-corrected chi connectivity index (χ3v) is 16.5. The Balaban J connectivity index is 0.947. The van der Waals surface area contributed by atoms with E-state index in [1.807, 2.05) is 84.9 Å². The van der Waals surface area contributed by atoms with Crippen LogP contribution in [0.3, 0.4) is 0 Å². The number of carbonyl (C=O) groups is 2. The van der Waals surface area contributed by atoms with Gasteiger partial charge in [0.25, 0.3) is 0 Å². The van der Waals surface area contributed by atoms with E-state index in [1.54, 1.807) is 0 Å². The fourth-order valence-corrected chi connectivity index (χ4v) is 12.9. The third-order valence-electron chi connectivity index (χ3n) is 6.21. The average molecular weight is 875 g/mol. The Morgan fingerprint density at radius 1 is 0.545 bits per heavy atom. The average Bonchev–Trinajstić information content (AvgIpc) is 3.66. The standard InChI is InChI=1S/C32H22N4O2S2Se4/c37-29(27-17-19-5-1-3-7-25(19)39-27)35-31(41)33-21-9-13-23(14-10-21)43-44-24-15-11-22(12-16-24)34-32(42)36-30(38)28-18-20-6-2-4-8-26(20)40-28/h1-18H,(H2,33,35,37,41)(H2,34,36,38,42). The van der Waals surface area contributed by atoms with E-state index in [4.69, 9.17) is 0 Å². The summed E-state index contributed by atoms with van der Waals surface area (Å²) < 4.78 is 5.93. The number of rotatable bonds is 11. The van der Waals surface area contributed by atoms with Crippen LogP contribution in [0.15, 0.2) is 109 Å². The first-order valence-electron chi connectivity index (χ1n) is 13.2. The van der Waals surface area contributed by atoms with Crippen LogP contribution >= 0.6 is 22.7 Å². The van der Waals surface area contributed by atoms with Crippen LogP contribution in [-0.4, -0.2) is 78.6 Å². The van der Waals surface area contributed by atoms with Crippen LogP contribution < -0.4 is 30.2 Å². The Labute approximate surface area is 289 Å². The zero-order valence-electron chi connectivity index (χ0n) is 22.7. The van der Waals surface area contributed by atoms with Crippen molar-refractivity contribution in [2.24, 2.45) is 0 Å². The van der Waals surface area contributed by atoms with Crippen molar-refractivity contribution in [3.8, 4) is 0 Å². The Kier molecular flexibility index (Phi) is 10.3. The van der Waals surface area contributed by atoms with Gasteiger partial charge in [0.15, 0.2) is 0 Å². The fourth-order valence-electron chi connectivity index (χ4n) is 4.13. The molecule has 2 aromatic heterocycles. The molecular weight excluding hydrogens is 852 g/mol. The second kappa shape index (κ2) is 14.5. The second-order valence-electron chi connectivity index (χ2n) is 9.33. The number of nitrogens with one attached hydrogen (secondary N) is 4. The summed E-state index contributed by atoms with van der Waals surface area (Å²) in [5.74, 6) is -0.279. The van der Waals surface area contributed by atoms with Gasteiger partial charge >= 0.3 is 292 Å². The predicted molar refractivity (Wildman–Crippen MR) is 191 cm³/mol. The van der Waals surface area contributed by atoms with Gasteiger partial charge < -0.3 is 0 Å².